The molecule has 2 aromatic heterocycles. The minimum atomic E-state index is 0.147. The fourth-order valence-corrected chi connectivity index (χ4v) is 3.72. The molecule has 25 heavy (non-hydrogen) atoms. The number of hydrogen-bond acceptors (Lipinski definition) is 5. The van der Waals surface area contributed by atoms with Gasteiger partial charge in [0.15, 0.2) is 11.0 Å². The van der Waals surface area contributed by atoms with Crippen LogP contribution in [0.1, 0.15) is 43.4 Å². The molecule has 3 aromatic rings. The van der Waals surface area contributed by atoms with Gasteiger partial charge in [0, 0.05) is 23.9 Å². The van der Waals surface area contributed by atoms with Crippen LogP contribution in [0.15, 0.2) is 33.9 Å². The first-order valence-corrected chi connectivity index (χ1v) is 9.31. The molecule has 1 aromatic carbocycles. The molecule has 0 aliphatic rings. The van der Waals surface area contributed by atoms with Gasteiger partial charge in [-0.2, -0.15) is 0 Å². The zero-order chi connectivity index (χ0) is 18.2. The Morgan fingerprint density at radius 1 is 1.08 bits per heavy atom. The normalized spacial score (nSPS) is 11.9. The molecule has 5 nitrogen and oxygen atoms in total. The standard InChI is InChI=1S/C19H24N4OS/c1-12-16(13(2)24-22-12)11-25-18-21-20-17(23(18)6)14-7-9-15(10-8-14)19(3,4)5/h7-10H,11H2,1-6H3. The molecule has 0 unspecified atom stereocenters. The van der Waals surface area contributed by atoms with Crippen LogP contribution in [-0.2, 0) is 18.2 Å². The van der Waals surface area contributed by atoms with Crippen LogP contribution in [0.2, 0.25) is 0 Å². The molecule has 0 bridgehead atoms. The Kier molecular flexibility index (Phi) is 4.73. The average Bonchev–Trinajstić information content (AvgIpc) is 3.08. The molecule has 0 aliphatic carbocycles. The summed E-state index contributed by atoms with van der Waals surface area (Å²) in [6, 6.07) is 8.57. The highest BCUT2D eigenvalue weighted by Gasteiger charge is 2.16. The molecule has 132 valence electrons. The predicted molar refractivity (Wildman–Crippen MR) is 101 cm³/mol. The summed E-state index contributed by atoms with van der Waals surface area (Å²) in [7, 11) is 2.00. The van der Waals surface area contributed by atoms with Crippen LogP contribution in [0, 0.1) is 13.8 Å². The molecule has 0 spiro atoms. The van der Waals surface area contributed by atoms with E-state index in [2.05, 4.69) is 60.4 Å². The Morgan fingerprint density at radius 3 is 2.32 bits per heavy atom. The number of benzene rings is 1. The first-order chi connectivity index (χ1) is 11.8. The van der Waals surface area contributed by atoms with Gasteiger partial charge in [0.1, 0.15) is 5.76 Å². The van der Waals surface area contributed by atoms with Crippen LogP contribution in [0.5, 0.6) is 0 Å². The lowest BCUT2D eigenvalue weighted by Crippen LogP contribution is -2.10. The Hall–Kier alpha value is -2.08. The van der Waals surface area contributed by atoms with E-state index in [4.69, 9.17) is 4.52 Å². The number of nitrogens with zero attached hydrogens (tertiary/aromatic N) is 4. The second kappa shape index (κ2) is 6.67. The van der Waals surface area contributed by atoms with Crippen molar-refractivity contribution >= 4 is 11.8 Å². The van der Waals surface area contributed by atoms with Crippen LogP contribution in [-0.4, -0.2) is 19.9 Å². The summed E-state index contributed by atoms with van der Waals surface area (Å²) in [6.07, 6.45) is 0. The van der Waals surface area contributed by atoms with Gasteiger partial charge in [-0.15, -0.1) is 10.2 Å². The Morgan fingerprint density at radius 2 is 1.76 bits per heavy atom. The van der Waals surface area contributed by atoms with Gasteiger partial charge in [-0.05, 0) is 24.8 Å². The molecule has 0 N–H and O–H groups in total. The van der Waals surface area contributed by atoms with Crippen molar-refractivity contribution < 1.29 is 4.52 Å². The molecular formula is C19H24N4OS. The highest BCUT2D eigenvalue weighted by Crippen LogP contribution is 2.29. The van der Waals surface area contributed by atoms with Crippen molar-refractivity contribution in [2.75, 3.05) is 0 Å². The summed E-state index contributed by atoms with van der Waals surface area (Å²) in [5.41, 5.74) is 4.60. The summed E-state index contributed by atoms with van der Waals surface area (Å²) in [4.78, 5) is 0. The largest absolute Gasteiger partial charge is 0.361 e. The quantitative estimate of drug-likeness (QED) is 0.636. The van der Waals surface area contributed by atoms with Crippen LogP contribution in [0.3, 0.4) is 0 Å². The number of aromatic nitrogens is 4. The second-order valence-corrected chi connectivity index (χ2v) is 8.23. The molecule has 0 fully saturated rings. The van der Waals surface area contributed by atoms with E-state index in [0.717, 1.165) is 39.3 Å². The second-order valence-electron chi connectivity index (χ2n) is 7.28. The van der Waals surface area contributed by atoms with Crippen molar-refractivity contribution in [3.63, 3.8) is 0 Å². The summed E-state index contributed by atoms with van der Waals surface area (Å²) < 4.78 is 7.26. The molecule has 0 aliphatic heterocycles. The van der Waals surface area contributed by atoms with Gasteiger partial charge in [-0.1, -0.05) is 62.0 Å². The lowest BCUT2D eigenvalue weighted by molar-refractivity contribution is 0.392. The predicted octanol–water partition coefficient (Wildman–Crippen LogP) is 4.68. The maximum atomic E-state index is 5.22. The minimum Gasteiger partial charge on any atom is -0.361 e. The van der Waals surface area contributed by atoms with E-state index in [9.17, 15) is 0 Å². The maximum Gasteiger partial charge on any atom is 0.191 e. The van der Waals surface area contributed by atoms with Crippen molar-refractivity contribution in [2.24, 2.45) is 7.05 Å². The smallest absolute Gasteiger partial charge is 0.191 e. The minimum absolute atomic E-state index is 0.147. The first kappa shape index (κ1) is 17.7. The molecule has 0 radical (unpaired) electrons. The van der Waals surface area contributed by atoms with Crippen LogP contribution < -0.4 is 0 Å². The fourth-order valence-electron chi connectivity index (χ4n) is 2.66. The van der Waals surface area contributed by atoms with Crippen LogP contribution >= 0.6 is 11.8 Å². The number of rotatable bonds is 4. The average molecular weight is 356 g/mol. The molecule has 0 amide bonds. The molecule has 0 saturated heterocycles. The molecule has 0 saturated carbocycles. The topological polar surface area (TPSA) is 56.7 Å². The van der Waals surface area contributed by atoms with E-state index in [1.165, 1.54) is 5.56 Å². The van der Waals surface area contributed by atoms with Crippen molar-refractivity contribution in [1.29, 1.82) is 0 Å². The molecule has 0 atom stereocenters. The van der Waals surface area contributed by atoms with E-state index in [1.807, 2.05) is 25.5 Å². The summed E-state index contributed by atoms with van der Waals surface area (Å²) in [5, 5.41) is 13.6. The Labute approximate surface area is 152 Å². The van der Waals surface area contributed by atoms with Gasteiger partial charge < -0.3 is 9.09 Å². The summed E-state index contributed by atoms with van der Waals surface area (Å²) in [5.74, 6) is 2.52. The number of thioether (sulfide) groups is 1. The van der Waals surface area contributed by atoms with E-state index >= 15 is 0 Å². The zero-order valence-corrected chi connectivity index (χ0v) is 16.4. The molecule has 6 heteroatoms. The lowest BCUT2D eigenvalue weighted by Gasteiger charge is -2.19. The third-order valence-electron chi connectivity index (χ3n) is 4.37. The SMILES string of the molecule is Cc1noc(C)c1CSc1nnc(-c2ccc(C(C)(C)C)cc2)n1C. The van der Waals surface area contributed by atoms with E-state index < -0.39 is 0 Å². The van der Waals surface area contributed by atoms with Crippen molar-refractivity contribution in [1.82, 2.24) is 19.9 Å². The van der Waals surface area contributed by atoms with Crippen LogP contribution in [0.25, 0.3) is 11.4 Å². The van der Waals surface area contributed by atoms with Gasteiger partial charge in [-0.3, -0.25) is 0 Å². The van der Waals surface area contributed by atoms with Crippen LogP contribution in [0.4, 0.5) is 0 Å². The van der Waals surface area contributed by atoms with Gasteiger partial charge in [0.2, 0.25) is 0 Å². The maximum absolute atomic E-state index is 5.22. The number of hydrogen-bond donors (Lipinski definition) is 0. The third-order valence-corrected chi connectivity index (χ3v) is 5.42. The van der Waals surface area contributed by atoms with Gasteiger partial charge >= 0.3 is 0 Å². The highest BCUT2D eigenvalue weighted by molar-refractivity contribution is 7.98. The Balaban J connectivity index is 1.79. The molecular weight excluding hydrogens is 332 g/mol. The third kappa shape index (κ3) is 3.63. The Bertz CT molecular complexity index is 852. The van der Waals surface area contributed by atoms with Gasteiger partial charge in [0.25, 0.3) is 0 Å². The van der Waals surface area contributed by atoms with Crippen molar-refractivity contribution in [3.05, 3.63) is 46.8 Å². The molecule has 2 heterocycles. The van der Waals surface area contributed by atoms with Gasteiger partial charge in [-0.25, -0.2) is 0 Å². The first-order valence-electron chi connectivity index (χ1n) is 8.32. The zero-order valence-electron chi connectivity index (χ0n) is 15.6. The van der Waals surface area contributed by atoms with Crippen molar-refractivity contribution in [2.45, 2.75) is 50.9 Å². The van der Waals surface area contributed by atoms with E-state index in [-0.39, 0.29) is 5.41 Å². The van der Waals surface area contributed by atoms with E-state index in [0.29, 0.717) is 0 Å². The lowest BCUT2D eigenvalue weighted by atomic mass is 9.87. The summed E-state index contributed by atoms with van der Waals surface area (Å²) in [6.45, 7) is 10.6. The highest BCUT2D eigenvalue weighted by atomic mass is 32.2. The van der Waals surface area contributed by atoms with Gasteiger partial charge in [0.05, 0.1) is 5.69 Å². The molecule has 3 rings (SSSR count). The monoisotopic (exact) mass is 356 g/mol. The summed E-state index contributed by atoms with van der Waals surface area (Å²) >= 11 is 1.65. The number of aryl methyl sites for hydroxylation is 2. The van der Waals surface area contributed by atoms with E-state index in [1.54, 1.807) is 11.8 Å². The fraction of sp³-hybridized carbons (Fsp3) is 0.421. The van der Waals surface area contributed by atoms with Crippen molar-refractivity contribution in [3.8, 4) is 11.4 Å².